The molecule has 0 saturated carbocycles. The molecule has 1 amide bonds. The van der Waals surface area contributed by atoms with Crippen molar-refractivity contribution < 1.29 is 26.4 Å². The van der Waals surface area contributed by atoms with Crippen molar-refractivity contribution in [1.29, 1.82) is 0 Å². The summed E-state index contributed by atoms with van der Waals surface area (Å²) in [6, 6.07) is 9.11. The zero-order chi connectivity index (χ0) is 18.7. The minimum Gasteiger partial charge on any atom is -0.325 e. The second kappa shape index (κ2) is 7.42. The highest BCUT2D eigenvalue weighted by molar-refractivity contribution is 7.89. The molecular formula is C15H12ClF3N2O3S. The lowest BCUT2D eigenvalue weighted by atomic mass is 10.2. The fourth-order valence-electron chi connectivity index (χ4n) is 1.81. The summed E-state index contributed by atoms with van der Waals surface area (Å²) >= 11 is 5.67. The van der Waals surface area contributed by atoms with E-state index in [0.717, 1.165) is 24.3 Å². The topological polar surface area (TPSA) is 75.3 Å². The molecule has 0 saturated heterocycles. The first-order valence-electron chi connectivity index (χ1n) is 6.80. The van der Waals surface area contributed by atoms with Crippen LogP contribution in [0.25, 0.3) is 0 Å². The lowest BCUT2D eigenvalue weighted by molar-refractivity contribution is -0.137. The van der Waals surface area contributed by atoms with Gasteiger partial charge in [-0.05, 0) is 48.5 Å². The number of alkyl halides is 3. The fraction of sp³-hybridized carbons (Fsp3) is 0.133. The molecule has 2 aromatic rings. The molecule has 0 fully saturated rings. The Bertz CT molecular complexity index is 851. The van der Waals surface area contributed by atoms with E-state index >= 15 is 0 Å². The van der Waals surface area contributed by atoms with Crippen molar-refractivity contribution in [2.24, 2.45) is 0 Å². The Morgan fingerprint density at radius 3 is 2.08 bits per heavy atom. The van der Waals surface area contributed by atoms with Gasteiger partial charge in [0.2, 0.25) is 15.9 Å². The van der Waals surface area contributed by atoms with E-state index in [4.69, 9.17) is 11.6 Å². The van der Waals surface area contributed by atoms with E-state index in [1.807, 2.05) is 0 Å². The van der Waals surface area contributed by atoms with Crippen LogP contribution < -0.4 is 10.0 Å². The molecule has 2 rings (SSSR count). The van der Waals surface area contributed by atoms with Crippen LogP contribution in [0.15, 0.2) is 53.4 Å². The van der Waals surface area contributed by atoms with E-state index in [-0.39, 0.29) is 10.6 Å². The lowest BCUT2D eigenvalue weighted by Gasteiger charge is -2.10. The Morgan fingerprint density at radius 2 is 1.56 bits per heavy atom. The normalized spacial score (nSPS) is 12.0. The highest BCUT2D eigenvalue weighted by Crippen LogP contribution is 2.29. The third kappa shape index (κ3) is 5.45. The molecule has 2 N–H and O–H groups in total. The summed E-state index contributed by atoms with van der Waals surface area (Å²) in [5.41, 5.74) is -0.738. The Hall–Kier alpha value is -2.10. The minimum atomic E-state index is -4.48. The Labute approximate surface area is 146 Å². The molecule has 0 aromatic heterocycles. The van der Waals surface area contributed by atoms with Gasteiger partial charge in [0.05, 0.1) is 17.0 Å². The largest absolute Gasteiger partial charge is 0.416 e. The van der Waals surface area contributed by atoms with Crippen LogP contribution in [0.3, 0.4) is 0 Å². The Kier molecular flexibility index (Phi) is 5.71. The van der Waals surface area contributed by atoms with Gasteiger partial charge in [0.15, 0.2) is 0 Å². The molecule has 25 heavy (non-hydrogen) atoms. The van der Waals surface area contributed by atoms with Gasteiger partial charge in [-0.3, -0.25) is 4.79 Å². The molecule has 0 aliphatic heterocycles. The average Bonchev–Trinajstić information content (AvgIpc) is 2.53. The molecule has 0 unspecified atom stereocenters. The maximum Gasteiger partial charge on any atom is 0.416 e. The lowest BCUT2D eigenvalue weighted by Crippen LogP contribution is -2.32. The Morgan fingerprint density at radius 1 is 1.00 bits per heavy atom. The van der Waals surface area contributed by atoms with Gasteiger partial charge in [0.25, 0.3) is 0 Å². The smallest absolute Gasteiger partial charge is 0.325 e. The number of carbonyl (C=O) groups excluding carboxylic acids is 1. The molecule has 134 valence electrons. The van der Waals surface area contributed by atoms with Gasteiger partial charge in [0, 0.05) is 10.7 Å². The number of amides is 1. The van der Waals surface area contributed by atoms with Gasteiger partial charge >= 0.3 is 6.18 Å². The summed E-state index contributed by atoms with van der Waals surface area (Å²) in [4.78, 5) is 11.7. The molecular weight excluding hydrogens is 381 g/mol. The van der Waals surface area contributed by atoms with Crippen LogP contribution in [0.2, 0.25) is 5.02 Å². The van der Waals surface area contributed by atoms with E-state index in [0.29, 0.717) is 5.02 Å². The third-order valence-electron chi connectivity index (χ3n) is 3.04. The fourth-order valence-corrected chi connectivity index (χ4v) is 2.91. The number of nitrogens with one attached hydrogen (secondary N) is 2. The van der Waals surface area contributed by atoms with Crippen molar-refractivity contribution in [2.75, 3.05) is 11.9 Å². The summed E-state index contributed by atoms with van der Waals surface area (Å²) in [5.74, 6) is -0.725. The molecule has 10 heteroatoms. The van der Waals surface area contributed by atoms with Crippen molar-refractivity contribution in [1.82, 2.24) is 4.72 Å². The predicted molar refractivity (Wildman–Crippen MR) is 86.7 cm³/mol. The number of rotatable bonds is 5. The number of sulfonamides is 1. The number of anilines is 1. The summed E-state index contributed by atoms with van der Waals surface area (Å²) in [7, 11) is -3.91. The predicted octanol–water partition coefficient (Wildman–Crippen LogP) is 3.28. The molecule has 0 heterocycles. The van der Waals surface area contributed by atoms with E-state index in [1.165, 1.54) is 24.3 Å². The molecule has 0 atom stereocenters. The van der Waals surface area contributed by atoms with Gasteiger partial charge in [0.1, 0.15) is 0 Å². The van der Waals surface area contributed by atoms with Crippen LogP contribution in [0.5, 0.6) is 0 Å². The van der Waals surface area contributed by atoms with E-state index in [1.54, 1.807) is 0 Å². The van der Waals surface area contributed by atoms with Crippen LogP contribution in [0, 0.1) is 0 Å². The number of benzene rings is 2. The zero-order valence-electron chi connectivity index (χ0n) is 12.5. The summed E-state index contributed by atoms with van der Waals surface area (Å²) in [6.45, 7) is -0.577. The van der Waals surface area contributed by atoms with Crippen molar-refractivity contribution >= 4 is 33.2 Å². The molecule has 0 aliphatic rings. The second-order valence-electron chi connectivity index (χ2n) is 4.90. The number of carbonyl (C=O) groups is 1. The molecule has 2 aromatic carbocycles. The standard InChI is InChI=1S/C15H12ClF3N2O3S/c16-11-3-7-13(8-4-11)25(23,24)20-9-14(22)21-12-5-1-10(2-6-12)15(17,18)19/h1-8,20H,9H2,(H,21,22). The van der Waals surface area contributed by atoms with Crippen LogP contribution in [-0.2, 0) is 21.0 Å². The molecule has 0 bridgehead atoms. The number of hydrogen-bond donors (Lipinski definition) is 2. The highest BCUT2D eigenvalue weighted by atomic mass is 35.5. The molecule has 0 radical (unpaired) electrons. The van der Waals surface area contributed by atoms with E-state index in [2.05, 4.69) is 10.0 Å². The molecule has 0 spiro atoms. The first-order chi connectivity index (χ1) is 11.6. The van der Waals surface area contributed by atoms with Crippen molar-refractivity contribution in [3.8, 4) is 0 Å². The first-order valence-corrected chi connectivity index (χ1v) is 8.66. The highest BCUT2D eigenvalue weighted by Gasteiger charge is 2.30. The summed E-state index contributed by atoms with van der Waals surface area (Å²) in [6.07, 6.45) is -4.48. The minimum absolute atomic E-state index is 0.0702. The van der Waals surface area contributed by atoms with Crippen LogP contribution >= 0.6 is 11.6 Å². The molecule has 5 nitrogen and oxygen atoms in total. The first kappa shape index (κ1) is 19.2. The maximum absolute atomic E-state index is 12.4. The second-order valence-corrected chi connectivity index (χ2v) is 7.11. The van der Waals surface area contributed by atoms with Crippen LogP contribution in [-0.4, -0.2) is 20.9 Å². The van der Waals surface area contributed by atoms with Gasteiger partial charge in [-0.15, -0.1) is 0 Å². The summed E-state index contributed by atoms with van der Waals surface area (Å²) in [5, 5.41) is 2.66. The third-order valence-corrected chi connectivity index (χ3v) is 4.71. The van der Waals surface area contributed by atoms with Gasteiger partial charge in [-0.25, -0.2) is 13.1 Å². The maximum atomic E-state index is 12.4. The van der Waals surface area contributed by atoms with Crippen molar-refractivity contribution in [3.63, 3.8) is 0 Å². The molecule has 0 aliphatic carbocycles. The van der Waals surface area contributed by atoms with Crippen LogP contribution in [0.1, 0.15) is 5.56 Å². The zero-order valence-corrected chi connectivity index (χ0v) is 14.0. The SMILES string of the molecule is O=C(CNS(=O)(=O)c1ccc(Cl)cc1)Nc1ccc(C(F)(F)F)cc1. The number of halogens is 4. The Balaban J connectivity index is 1.95. The monoisotopic (exact) mass is 392 g/mol. The van der Waals surface area contributed by atoms with E-state index in [9.17, 15) is 26.4 Å². The summed E-state index contributed by atoms with van der Waals surface area (Å²) < 4.78 is 63.4. The van der Waals surface area contributed by atoms with Crippen molar-refractivity contribution in [2.45, 2.75) is 11.1 Å². The quantitative estimate of drug-likeness (QED) is 0.820. The van der Waals surface area contributed by atoms with Gasteiger partial charge < -0.3 is 5.32 Å². The van der Waals surface area contributed by atoms with Crippen LogP contribution in [0.4, 0.5) is 18.9 Å². The average molecular weight is 393 g/mol. The van der Waals surface area contributed by atoms with E-state index < -0.39 is 34.2 Å². The number of hydrogen-bond acceptors (Lipinski definition) is 3. The van der Waals surface area contributed by atoms with Gasteiger partial charge in [-0.1, -0.05) is 11.6 Å². The van der Waals surface area contributed by atoms with Crippen molar-refractivity contribution in [3.05, 3.63) is 59.1 Å². The van der Waals surface area contributed by atoms with Gasteiger partial charge in [-0.2, -0.15) is 13.2 Å².